The Labute approximate surface area is 152 Å². The van der Waals surface area contributed by atoms with E-state index in [4.69, 9.17) is 5.14 Å². The summed E-state index contributed by atoms with van der Waals surface area (Å²) in [5.41, 5.74) is 0.446. The molecule has 2 saturated heterocycles. The predicted molar refractivity (Wildman–Crippen MR) is 95.0 cm³/mol. The zero-order valence-electron chi connectivity index (χ0n) is 13.6. The number of halogens is 1. The Kier molecular flexibility index (Phi) is 6.04. The number of anilines is 1. The number of nitrogens with two attached hydrogens (primary N) is 1. The quantitative estimate of drug-likeness (QED) is 0.727. The third kappa shape index (κ3) is 4.30. The van der Waals surface area contributed by atoms with Gasteiger partial charge < -0.3 is 15.1 Å². The van der Waals surface area contributed by atoms with Gasteiger partial charge in [-0.25, -0.2) is 13.6 Å². The lowest BCUT2D eigenvalue weighted by molar-refractivity contribution is -0.136. The highest BCUT2D eigenvalue weighted by atomic mass is 35.5. The van der Waals surface area contributed by atoms with Crippen LogP contribution in [-0.4, -0.2) is 57.9 Å². The molecule has 1 unspecified atom stereocenters. The molecular formula is C15H21ClN4O4S. The lowest BCUT2D eigenvalue weighted by Gasteiger charge is -2.29. The van der Waals surface area contributed by atoms with Gasteiger partial charge in [-0.05, 0) is 18.2 Å². The number of primary sulfonamides is 1. The topological polar surface area (TPSA) is 113 Å². The molecular weight excluding hydrogens is 368 g/mol. The average molecular weight is 389 g/mol. The normalized spacial score (nSPS) is 21.2. The Hall–Kier alpha value is -1.68. The van der Waals surface area contributed by atoms with Gasteiger partial charge in [0.05, 0.1) is 10.8 Å². The Morgan fingerprint density at radius 1 is 1.24 bits per heavy atom. The van der Waals surface area contributed by atoms with Gasteiger partial charge in [-0.3, -0.25) is 9.59 Å². The molecule has 0 aromatic heterocycles. The van der Waals surface area contributed by atoms with Crippen LogP contribution in [0.1, 0.15) is 6.42 Å². The van der Waals surface area contributed by atoms with Gasteiger partial charge in [-0.2, -0.15) is 0 Å². The molecule has 0 saturated carbocycles. The van der Waals surface area contributed by atoms with Crippen molar-refractivity contribution in [2.75, 3.05) is 37.6 Å². The number of amides is 2. The van der Waals surface area contributed by atoms with Crippen molar-refractivity contribution < 1.29 is 18.0 Å². The molecule has 25 heavy (non-hydrogen) atoms. The molecule has 0 aliphatic carbocycles. The molecule has 1 atom stereocenters. The highest BCUT2D eigenvalue weighted by molar-refractivity contribution is 7.89. The maximum Gasteiger partial charge on any atom is 0.238 e. The lowest BCUT2D eigenvalue weighted by atomic mass is 10.1. The number of rotatable bonds is 3. The lowest BCUT2D eigenvalue weighted by Crippen LogP contribution is -2.48. The first kappa shape index (κ1) is 19.6. The summed E-state index contributed by atoms with van der Waals surface area (Å²) < 4.78 is 22.9. The first-order chi connectivity index (χ1) is 11.4. The van der Waals surface area contributed by atoms with Crippen LogP contribution in [-0.2, 0) is 19.6 Å². The van der Waals surface area contributed by atoms with Crippen molar-refractivity contribution in [3.63, 3.8) is 0 Å². The molecule has 1 aromatic rings. The van der Waals surface area contributed by atoms with Gasteiger partial charge in [0, 0.05) is 44.8 Å². The number of benzene rings is 1. The number of carbonyl (C=O) groups excluding carboxylic acids is 2. The van der Waals surface area contributed by atoms with Crippen LogP contribution in [0.2, 0.25) is 0 Å². The van der Waals surface area contributed by atoms with E-state index < -0.39 is 15.9 Å². The van der Waals surface area contributed by atoms with Crippen LogP contribution in [0.25, 0.3) is 0 Å². The largest absolute Gasteiger partial charge is 0.340 e. The summed E-state index contributed by atoms with van der Waals surface area (Å²) in [7, 11) is -3.84. The fourth-order valence-corrected chi connectivity index (χ4v) is 3.65. The minimum Gasteiger partial charge on any atom is -0.340 e. The smallest absolute Gasteiger partial charge is 0.238 e. The van der Waals surface area contributed by atoms with Gasteiger partial charge in [-0.1, -0.05) is 6.07 Å². The van der Waals surface area contributed by atoms with E-state index in [9.17, 15) is 18.0 Å². The second-order valence-corrected chi connectivity index (χ2v) is 7.58. The predicted octanol–water partition coefficient (Wildman–Crippen LogP) is -0.459. The van der Waals surface area contributed by atoms with Gasteiger partial charge in [0.15, 0.2) is 0 Å². The van der Waals surface area contributed by atoms with E-state index >= 15 is 0 Å². The van der Waals surface area contributed by atoms with Gasteiger partial charge in [-0.15, -0.1) is 12.4 Å². The summed E-state index contributed by atoms with van der Waals surface area (Å²) in [6.45, 7) is 3.06. The molecule has 3 N–H and O–H groups in total. The second-order valence-electron chi connectivity index (χ2n) is 6.02. The third-order valence-corrected chi connectivity index (χ3v) is 5.27. The van der Waals surface area contributed by atoms with E-state index in [1.54, 1.807) is 11.0 Å². The maximum absolute atomic E-state index is 12.6. The number of hydrogen-bond donors (Lipinski definition) is 2. The van der Waals surface area contributed by atoms with Gasteiger partial charge in [0.25, 0.3) is 0 Å². The van der Waals surface area contributed by atoms with Crippen LogP contribution in [0.4, 0.5) is 5.69 Å². The maximum atomic E-state index is 12.6. The van der Waals surface area contributed by atoms with Crippen LogP contribution < -0.4 is 15.4 Å². The van der Waals surface area contributed by atoms with Crippen LogP contribution >= 0.6 is 12.4 Å². The molecule has 138 valence electrons. The second kappa shape index (κ2) is 7.69. The van der Waals surface area contributed by atoms with E-state index in [1.807, 2.05) is 0 Å². The van der Waals surface area contributed by atoms with Crippen LogP contribution in [0.5, 0.6) is 0 Å². The van der Waals surface area contributed by atoms with Gasteiger partial charge >= 0.3 is 0 Å². The van der Waals surface area contributed by atoms with E-state index in [-0.39, 0.29) is 42.1 Å². The molecule has 8 nitrogen and oxygen atoms in total. The molecule has 3 rings (SSSR count). The number of nitrogens with zero attached hydrogens (tertiary/aromatic N) is 2. The first-order valence-corrected chi connectivity index (χ1v) is 9.33. The molecule has 2 amide bonds. The standard InChI is InChI=1S/C15H20N4O4S.ClH/c16-24(22,23)13-3-1-2-12(9-13)19-10-11(8-14(19)20)15(21)18-6-4-17-5-7-18;/h1-3,9,11,17H,4-8,10H2,(H2,16,22,23);1H. The minimum atomic E-state index is -3.84. The Morgan fingerprint density at radius 3 is 2.56 bits per heavy atom. The fraction of sp³-hybridized carbons (Fsp3) is 0.467. The number of sulfonamides is 1. The summed E-state index contributed by atoms with van der Waals surface area (Å²) in [6.07, 6.45) is 0.141. The molecule has 10 heteroatoms. The highest BCUT2D eigenvalue weighted by Crippen LogP contribution is 2.27. The van der Waals surface area contributed by atoms with E-state index in [2.05, 4.69) is 5.32 Å². The number of piperazine rings is 1. The summed E-state index contributed by atoms with van der Waals surface area (Å²) in [6, 6.07) is 5.92. The summed E-state index contributed by atoms with van der Waals surface area (Å²) in [5, 5.41) is 8.32. The molecule has 1 aromatic carbocycles. The Morgan fingerprint density at radius 2 is 1.92 bits per heavy atom. The van der Waals surface area contributed by atoms with Crippen molar-refractivity contribution in [3.05, 3.63) is 24.3 Å². The van der Waals surface area contributed by atoms with Crippen molar-refractivity contribution >= 4 is 39.9 Å². The molecule has 0 radical (unpaired) electrons. The summed E-state index contributed by atoms with van der Waals surface area (Å²) in [4.78, 5) is 28.0. The molecule has 2 aliphatic rings. The number of nitrogens with one attached hydrogen (secondary N) is 1. The monoisotopic (exact) mass is 388 g/mol. The van der Waals surface area contributed by atoms with Gasteiger partial charge in [0.1, 0.15) is 0 Å². The van der Waals surface area contributed by atoms with Crippen molar-refractivity contribution in [2.24, 2.45) is 11.1 Å². The van der Waals surface area contributed by atoms with E-state index in [0.717, 1.165) is 13.1 Å². The van der Waals surface area contributed by atoms with Crippen molar-refractivity contribution in [1.82, 2.24) is 10.2 Å². The zero-order valence-corrected chi connectivity index (χ0v) is 15.2. The van der Waals surface area contributed by atoms with E-state index in [1.165, 1.54) is 23.1 Å². The minimum absolute atomic E-state index is 0. The average Bonchev–Trinajstić information content (AvgIpc) is 2.96. The number of hydrogen-bond acceptors (Lipinski definition) is 5. The number of carbonyl (C=O) groups is 2. The molecule has 2 fully saturated rings. The van der Waals surface area contributed by atoms with Crippen LogP contribution in [0, 0.1) is 5.92 Å². The van der Waals surface area contributed by atoms with Crippen molar-refractivity contribution in [2.45, 2.75) is 11.3 Å². The SMILES string of the molecule is Cl.NS(=O)(=O)c1cccc(N2CC(C(=O)N3CCNCC3)CC2=O)c1. The fourth-order valence-electron chi connectivity index (χ4n) is 3.09. The van der Waals surface area contributed by atoms with E-state index in [0.29, 0.717) is 18.8 Å². The van der Waals surface area contributed by atoms with Crippen LogP contribution in [0.3, 0.4) is 0 Å². The van der Waals surface area contributed by atoms with Gasteiger partial charge in [0.2, 0.25) is 21.8 Å². The molecule has 2 aliphatic heterocycles. The Balaban J connectivity index is 0.00000225. The Bertz CT molecular complexity index is 765. The zero-order chi connectivity index (χ0) is 17.3. The van der Waals surface area contributed by atoms with Crippen molar-refractivity contribution in [3.8, 4) is 0 Å². The third-order valence-electron chi connectivity index (χ3n) is 4.36. The molecule has 0 bridgehead atoms. The molecule has 2 heterocycles. The first-order valence-electron chi connectivity index (χ1n) is 7.79. The molecule has 0 spiro atoms. The summed E-state index contributed by atoms with van der Waals surface area (Å²) in [5.74, 6) is -0.598. The highest BCUT2D eigenvalue weighted by Gasteiger charge is 2.37. The summed E-state index contributed by atoms with van der Waals surface area (Å²) >= 11 is 0. The van der Waals surface area contributed by atoms with Crippen LogP contribution in [0.15, 0.2) is 29.2 Å². The van der Waals surface area contributed by atoms with Crippen molar-refractivity contribution in [1.29, 1.82) is 0 Å².